The maximum Gasteiger partial charge on any atom is 0.220 e. The first-order valence-corrected chi connectivity index (χ1v) is 31.2. The van der Waals surface area contributed by atoms with E-state index in [4.69, 9.17) is 9.47 Å². The van der Waals surface area contributed by atoms with E-state index in [9.17, 15) is 30.3 Å². The van der Waals surface area contributed by atoms with E-state index in [0.717, 1.165) is 51.4 Å². The molecule has 424 valence electrons. The SMILES string of the molecule is CCCCCC/C=C/CC/C=C/CC/C=C/C(O)C(COC1OC(CO)C(O)C(O)C1O)NC(=O)CCCCCCCCCCCCCCCCCCCCCCCCCCCCCCCCCCCCC. The van der Waals surface area contributed by atoms with Gasteiger partial charge in [-0.3, -0.25) is 4.79 Å². The molecule has 1 aliphatic heterocycles. The number of carbonyl (C=O) groups excluding carboxylic acids is 1. The van der Waals surface area contributed by atoms with E-state index in [-0.39, 0.29) is 12.5 Å². The van der Waals surface area contributed by atoms with Crippen molar-refractivity contribution in [2.24, 2.45) is 0 Å². The van der Waals surface area contributed by atoms with Crippen molar-refractivity contribution in [1.82, 2.24) is 5.32 Å². The molecule has 9 nitrogen and oxygen atoms in total. The second-order valence-electron chi connectivity index (χ2n) is 21.8. The number of allylic oxidation sites excluding steroid dienone is 5. The van der Waals surface area contributed by atoms with Gasteiger partial charge in [-0.15, -0.1) is 0 Å². The topological polar surface area (TPSA) is 149 Å². The molecular weight excluding hydrogens is 899 g/mol. The average molecular weight is 1020 g/mol. The fourth-order valence-electron chi connectivity index (χ4n) is 10.0. The van der Waals surface area contributed by atoms with Crippen molar-refractivity contribution in [3.8, 4) is 0 Å². The van der Waals surface area contributed by atoms with Gasteiger partial charge >= 0.3 is 0 Å². The lowest BCUT2D eigenvalue weighted by molar-refractivity contribution is -0.302. The van der Waals surface area contributed by atoms with Gasteiger partial charge < -0.3 is 40.3 Å². The normalized spacial score (nSPS) is 19.3. The number of nitrogens with one attached hydrogen (secondary N) is 1. The van der Waals surface area contributed by atoms with Gasteiger partial charge in [-0.05, 0) is 44.9 Å². The van der Waals surface area contributed by atoms with Crippen LogP contribution in [0, 0.1) is 0 Å². The molecule has 1 saturated heterocycles. The minimum atomic E-state index is -1.57. The summed E-state index contributed by atoms with van der Waals surface area (Å²) in [7, 11) is 0. The van der Waals surface area contributed by atoms with Gasteiger partial charge in [0.2, 0.25) is 5.91 Å². The first kappa shape index (κ1) is 68.4. The third-order valence-electron chi connectivity index (χ3n) is 14.9. The standard InChI is InChI=1S/C63H119NO8/c1-3-5-7-9-11-13-15-17-19-20-21-22-23-24-25-26-27-28-29-30-31-32-33-34-35-36-37-38-39-41-43-45-47-49-51-53-59(67)64-56(55-71-63-62(70)61(69)60(68)58(54-65)72-63)57(66)52-50-48-46-44-42-40-18-16-14-12-10-8-6-4-2/h14,16,42,44,50,52,56-58,60-63,65-66,68-70H,3-13,15,17-41,43,45-49,51,53-55H2,1-2H3,(H,64,67)/b16-14+,44-42+,52-50+. The van der Waals surface area contributed by atoms with Crippen LogP contribution in [0.15, 0.2) is 36.5 Å². The molecule has 0 aromatic carbocycles. The number of carbonyl (C=O) groups is 1. The summed E-state index contributed by atoms with van der Waals surface area (Å²) in [4.78, 5) is 13.0. The Hall–Kier alpha value is -1.59. The third-order valence-corrected chi connectivity index (χ3v) is 14.9. The Morgan fingerprint density at radius 2 is 0.792 bits per heavy atom. The van der Waals surface area contributed by atoms with E-state index in [2.05, 4.69) is 43.5 Å². The van der Waals surface area contributed by atoms with Crippen molar-refractivity contribution in [2.75, 3.05) is 13.2 Å². The Bertz CT molecular complexity index is 1230. The number of amides is 1. The van der Waals surface area contributed by atoms with Gasteiger partial charge in [0.15, 0.2) is 6.29 Å². The van der Waals surface area contributed by atoms with Crippen LogP contribution < -0.4 is 5.32 Å². The Morgan fingerprint density at radius 3 is 1.17 bits per heavy atom. The van der Waals surface area contributed by atoms with Gasteiger partial charge in [-0.25, -0.2) is 0 Å². The first-order chi connectivity index (χ1) is 35.3. The molecule has 0 aliphatic carbocycles. The van der Waals surface area contributed by atoms with E-state index in [1.54, 1.807) is 6.08 Å². The number of aliphatic hydroxyl groups excluding tert-OH is 5. The van der Waals surface area contributed by atoms with Gasteiger partial charge in [0.25, 0.3) is 0 Å². The smallest absolute Gasteiger partial charge is 0.220 e. The highest BCUT2D eigenvalue weighted by Crippen LogP contribution is 2.23. The average Bonchev–Trinajstić information content (AvgIpc) is 3.38. The summed E-state index contributed by atoms with van der Waals surface area (Å²) >= 11 is 0. The number of ether oxygens (including phenoxy) is 2. The van der Waals surface area contributed by atoms with E-state index in [1.165, 1.54) is 231 Å². The van der Waals surface area contributed by atoms with E-state index in [0.29, 0.717) is 6.42 Å². The minimum absolute atomic E-state index is 0.186. The molecule has 0 aromatic heterocycles. The molecule has 9 heteroatoms. The largest absolute Gasteiger partial charge is 0.394 e. The van der Waals surface area contributed by atoms with Crippen molar-refractivity contribution < 1.29 is 39.8 Å². The summed E-state index contributed by atoms with van der Waals surface area (Å²) in [5.74, 6) is -0.186. The molecule has 7 unspecified atom stereocenters. The summed E-state index contributed by atoms with van der Waals surface area (Å²) in [6, 6.07) is -0.826. The molecule has 7 atom stereocenters. The molecule has 0 saturated carbocycles. The zero-order valence-electron chi connectivity index (χ0n) is 47.2. The van der Waals surface area contributed by atoms with Gasteiger partial charge in [0.1, 0.15) is 24.4 Å². The maximum absolute atomic E-state index is 13.0. The van der Waals surface area contributed by atoms with Gasteiger partial charge in [-0.2, -0.15) is 0 Å². The molecular formula is C63H119NO8. The molecule has 1 amide bonds. The first-order valence-electron chi connectivity index (χ1n) is 31.2. The van der Waals surface area contributed by atoms with Crippen molar-refractivity contribution >= 4 is 5.91 Å². The summed E-state index contributed by atoms with van der Waals surface area (Å²) < 4.78 is 11.2. The van der Waals surface area contributed by atoms with E-state index >= 15 is 0 Å². The second-order valence-corrected chi connectivity index (χ2v) is 21.8. The number of unbranched alkanes of at least 4 members (excludes halogenated alkanes) is 40. The fraction of sp³-hybridized carbons (Fsp3) is 0.889. The monoisotopic (exact) mass is 1020 g/mol. The summed E-state index contributed by atoms with van der Waals surface area (Å²) in [6.07, 6.45) is 62.6. The van der Waals surface area contributed by atoms with Crippen LogP contribution in [-0.2, 0) is 14.3 Å². The molecule has 1 heterocycles. The van der Waals surface area contributed by atoms with Crippen LogP contribution in [0.25, 0.3) is 0 Å². The Labute approximate surface area is 444 Å². The highest BCUT2D eigenvalue weighted by Gasteiger charge is 2.44. The molecule has 0 bridgehead atoms. The van der Waals surface area contributed by atoms with Gasteiger partial charge in [0.05, 0.1) is 25.4 Å². The van der Waals surface area contributed by atoms with Gasteiger partial charge in [-0.1, -0.05) is 288 Å². The zero-order valence-corrected chi connectivity index (χ0v) is 47.2. The van der Waals surface area contributed by atoms with E-state index < -0.39 is 49.5 Å². The number of rotatable bonds is 54. The van der Waals surface area contributed by atoms with Crippen molar-refractivity contribution in [3.63, 3.8) is 0 Å². The number of hydrogen-bond acceptors (Lipinski definition) is 8. The predicted octanol–water partition coefficient (Wildman–Crippen LogP) is 15.9. The molecule has 72 heavy (non-hydrogen) atoms. The molecule has 1 aliphatic rings. The molecule has 1 rings (SSSR count). The molecule has 0 spiro atoms. The van der Waals surface area contributed by atoms with Crippen molar-refractivity contribution in [2.45, 2.75) is 346 Å². The van der Waals surface area contributed by atoms with Crippen LogP contribution >= 0.6 is 0 Å². The quantitative estimate of drug-likeness (QED) is 0.0261. The van der Waals surface area contributed by atoms with Gasteiger partial charge in [0, 0.05) is 6.42 Å². The highest BCUT2D eigenvalue weighted by atomic mass is 16.7. The maximum atomic E-state index is 13.0. The predicted molar refractivity (Wildman–Crippen MR) is 304 cm³/mol. The van der Waals surface area contributed by atoms with E-state index in [1.807, 2.05) is 6.08 Å². The number of aliphatic hydroxyl groups is 5. The zero-order chi connectivity index (χ0) is 52.2. The van der Waals surface area contributed by atoms with Crippen LogP contribution in [0.5, 0.6) is 0 Å². The molecule has 6 N–H and O–H groups in total. The fourth-order valence-corrected chi connectivity index (χ4v) is 10.0. The van der Waals surface area contributed by atoms with Crippen LogP contribution in [0.2, 0.25) is 0 Å². The molecule has 0 aromatic rings. The second kappa shape index (κ2) is 52.8. The number of hydrogen-bond donors (Lipinski definition) is 6. The minimum Gasteiger partial charge on any atom is -0.394 e. The lowest BCUT2D eigenvalue weighted by atomic mass is 9.99. The highest BCUT2D eigenvalue weighted by molar-refractivity contribution is 5.76. The lowest BCUT2D eigenvalue weighted by Crippen LogP contribution is -2.60. The Kier molecular flexibility index (Phi) is 50.2. The van der Waals surface area contributed by atoms with Crippen molar-refractivity contribution in [3.05, 3.63) is 36.5 Å². The van der Waals surface area contributed by atoms with Crippen LogP contribution in [-0.4, -0.2) is 87.5 Å². The van der Waals surface area contributed by atoms with Crippen LogP contribution in [0.1, 0.15) is 303 Å². The van der Waals surface area contributed by atoms with Crippen LogP contribution in [0.3, 0.4) is 0 Å². The molecule has 1 fully saturated rings. The Balaban J connectivity index is 2.08. The summed E-state index contributed by atoms with van der Waals surface area (Å²) in [5, 5.41) is 54.4. The summed E-state index contributed by atoms with van der Waals surface area (Å²) in [6.45, 7) is 3.76. The third kappa shape index (κ3) is 41.6. The lowest BCUT2D eigenvalue weighted by Gasteiger charge is -2.40. The van der Waals surface area contributed by atoms with Crippen molar-refractivity contribution in [1.29, 1.82) is 0 Å². The Morgan fingerprint density at radius 1 is 0.458 bits per heavy atom. The van der Waals surface area contributed by atoms with Crippen LogP contribution in [0.4, 0.5) is 0 Å². The summed E-state index contributed by atoms with van der Waals surface area (Å²) in [5.41, 5.74) is 0. The molecule has 0 radical (unpaired) electrons.